The lowest BCUT2D eigenvalue weighted by molar-refractivity contribution is -0.0599. The molecule has 1 aliphatic heterocycles. The van der Waals surface area contributed by atoms with Crippen LogP contribution in [-0.2, 0) is 11.3 Å². The van der Waals surface area contributed by atoms with Gasteiger partial charge in [0, 0.05) is 24.8 Å². The van der Waals surface area contributed by atoms with Crippen LogP contribution in [0.1, 0.15) is 18.7 Å². The Hall–Kier alpha value is -1.76. The molecule has 0 bridgehead atoms. The summed E-state index contributed by atoms with van der Waals surface area (Å²) in [4.78, 5) is 6.88. The summed E-state index contributed by atoms with van der Waals surface area (Å²) in [6.07, 6.45) is 2.14. The average molecular weight is 315 g/mol. The van der Waals surface area contributed by atoms with Crippen LogP contribution in [0.2, 0.25) is 0 Å². The number of aliphatic hydroxyl groups excluding tert-OH is 1. The molecule has 1 N–H and O–H groups in total. The molecule has 6 nitrogen and oxygen atoms in total. The van der Waals surface area contributed by atoms with Crippen molar-refractivity contribution in [1.29, 1.82) is 0 Å². The Morgan fingerprint density at radius 1 is 1.22 bits per heavy atom. The van der Waals surface area contributed by atoms with Crippen LogP contribution in [-0.4, -0.2) is 52.1 Å². The van der Waals surface area contributed by atoms with Gasteiger partial charge in [-0.15, -0.1) is 0 Å². The van der Waals surface area contributed by atoms with E-state index in [0.717, 1.165) is 31.6 Å². The van der Waals surface area contributed by atoms with Gasteiger partial charge in [-0.1, -0.05) is 23.4 Å². The lowest BCUT2D eigenvalue weighted by Gasteiger charge is -2.36. The summed E-state index contributed by atoms with van der Waals surface area (Å²) >= 11 is 0. The fourth-order valence-corrected chi connectivity index (χ4v) is 3.67. The maximum Gasteiger partial charge on any atom is 0.257 e. The van der Waals surface area contributed by atoms with Crippen LogP contribution in [0, 0.1) is 5.92 Å². The van der Waals surface area contributed by atoms with Crippen LogP contribution in [0.5, 0.6) is 0 Å². The van der Waals surface area contributed by atoms with Crippen molar-refractivity contribution >= 4 is 0 Å². The molecular weight excluding hydrogens is 294 g/mol. The van der Waals surface area contributed by atoms with Gasteiger partial charge in [-0.25, -0.2) is 0 Å². The largest absolute Gasteiger partial charge is 0.396 e. The van der Waals surface area contributed by atoms with Gasteiger partial charge in [-0.2, -0.15) is 4.98 Å². The molecule has 122 valence electrons. The van der Waals surface area contributed by atoms with E-state index in [4.69, 9.17) is 9.26 Å². The van der Waals surface area contributed by atoms with Crippen molar-refractivity contribution in [3.63, 3.8) is 0 Å². The van der Waals surface area contributed by atoms with Gasteiger partial charge >= 0.3 is 0 Å². The zero-order chi connectivity index (χ0) is 15.6. The van der Waals surface area contributed by atoms with Gasteiger partial charge in [0.25, 0.3) is 5.89 Å². The van der Waals surface area contributed by atoms with Gasteiger partial charge < -0.3 is 14.4 Å². The van der Waals surface area contributed by atoms with E-state index in [1.165, 1.54) is 0 Å². The monoisotopic (exact) mass is 315 g/mol. The number of aromatic nitrogens is 2. The van der Waals surface area contributed by atoms with Gasteiger partial charge in [-0.3, -0.25) is 4.90 Å². The number of fused-ring (bicyclic) bond motifs is 1. The fourth-order valence-electron chi connectivity index (χ4n) is 3.67. The summed E-state index contributed by atoms with van der Waals surface area (Å²) in [5.74, 6) is 1.61. The summed E-state index contributed by atoms with van der Waals surface area (Å²) in [5.41, 5.74) is 0.937. The predicted molar refractivity (Wildman–Crippen MR) is 83.5 cm³/mol. The molecule has 23 heavy (non-hydrogen) atoms. The molecule has 1 unspecified atom stereocenters. The first-order chi connectivity index (χ1) is 11.3. The number of hydrogen-bond donors (Lipinski definition) is 1. The first kappa shape index (κ1) is 14.8. The number of ether oxygens (including phenoxy) is 1. The third-order valence-electron chi connectivity index (χ3n) is 4.84. The summed E-state index contributed by atoms with van der Waals surface area (Å²) in [6.45, 7) is 2.50. The molecule has 3 atom stereocenters. The van der Waals surface area contributed by atoms with Crippen molar-refractivity contribution in [3.05, 3.63) is 36.2 Å². The average Bonchev–Trinajstić information content (AvgIpc) is 3.22. The molecule has 0 spiro atoms. The van der Waals surface area contributed by atoms with Crippen LogP contribution in [0.4, 0.5) is 0 Å². The zero-order valence-corrected chi connectivity index (χ0v) is 13.0. The quantitative estimate of drug-likeness (QED) is 0.926. The second-order valence-electron chi connectivity index (χ2n) is 6.35. The number of hydrogen-bond acceptors (Lipinski definition) is 6. The van der Waals surface area contributed by atoms with Crippen molar-refractivity contribution in [2.75, 3.05) is 19.8 Å². The Labute approximate surface area is 135 Å². The minimum atomic E-state index is 0.224. The van der Waals surface area contributed by atoms with Crippen molar-refractivity contribution < 1.29 is 14.4 Å². The summed E-state index contributed by atoms with van der Waals surface area (Å²) in [7, 11) is 0. The Morgan fingerprint density at radius 3 is 2.91 bits per heavy atom. The van der Waals surface area contributed by atoms with E-state index in [1.807, 2.05) is 30.3 Å². The van der Waals surface area contributed by atoms with Crippen LogP contribution < -0.4 is 0 Å². The number of rotatable bonds is 4. The van der Waals surface area contributed by atoms with Crippen molar-refractivity contribution in [2.24, 2.45) is 5.92 Å². The molecule has 4 rings (SSSR count). The molecule has 2 aliphatic rings. The third kappa shape index (κ3) is 3.02. The van der Waals surface area contributed by atoms with E-state index < -0.39 is 0 Å². The molecule has 1 aromatic carbocycles. The Bertz CT molecular complexity index is 646. The Balaban J connectivity index is 1.47. The van der Waals surface area contributed by atoms with E-state index in [1.54, 1.807) is 0 Å². The molecule has 1 aliphatic carbocycles. The smallest absolute Gasteiger partial charge is 0.257 e. The maximum atomic E-state index is 9.40. The normalized spacial score (nSPS) is 28.0. The molecule has 1 saturated heterocycles. The molecule has 2 aromatic rings. The van der Waals surface area contributed by atoms with E-state index in [0.29, 0.717) is 30.2 Å². The van der Waals surface area contributed by atoms with Crippen LogP contribution >= 0.6 is 0 Å². The molecule has 6 heteroatoms. The van der Waals surface area contributed by atoms with Gasteiger partial charge in [0.2, 0.25) is 0 Å². The van der Waals surface area contributed by atoms with Crippen LogP contribution in [0.15, 0.2) is 34.9 Å². The molecule has 1 aromatic heterocycles. The van der Waals surface area contributed by atoms with E-state index >= 15 is 0 Å². The fraction of sp³-hybridized carbons (Fsp3) is 0.529. The first-order valence-electron chi connectivity index (χ1n) is 8.18. The number of nitrogens with zero attached hydrogens (tertiary/aromatic N) is 3. The predicted octanol–water partition coefficient (Wildman–Crippen LogP) is 1.71. The second-order valence-corrected chi connectivity index (χ2v) is 6.35. The highest BCUT2D eigenvalue weighted by molar-refractivity contribution is 5.51. The Morgan fingerprint density at radius 2 is 2.09 bits per heavy atom. The van der Waals surface area contributed by atoms with E-state index in [2.05, 4.69) is 15.0 Å². The third-order valence-corrected chi connectivity index (χ3v) is 4.84. The van der Waals surface area contributed by atoms with E-state index in [-0.39, 0.29) is 12.7 Å². The molecule has 2 heterocycles. The summed E-state index contributed by atoms with van der Waals surface area (Å²) in [5, 5.41) is 13.5. The molecular formula is C17H21N3O3. The van der Waals surface area contributed by atoms with Crippen molar-refractivity contribution in [1.82, 2.24) is 15.0 Å². The van der Waals surface area contributed by atoms with E-state index in [9.17, 15) is 5.11 Å². The number of aliphatic hydroxyl groups is 1. The number of morpholine rings is 1. The van der Waals surface area contributed by atoms with Gasteiger partial charge in [0.05, 0.1) is 19.3 Å². The SMILES string of the molecule is OC[C@H]1CC2OCCN(Cc3noc(-c4ccccc4)n3)[C@H]2C1. The lowest BCUT2D eigenvalue weighted by Crippen LogP contribution is -2.48. The van der Waals surface area contributed by atoms with Crippen molar-refractivity contribution in [2.45, 2.75) is 31.5 Å². The van der Waals surface area contributed by atoms with Crippen LogP contribution in [0.25, 0.3) is 11.5 Å². The molecule has 2 fully saturated rings. The second kappa shape index (κ2) is 6.39. The molecule has 0 radical (unpaired) electrons. The molecule has 1 saturated carbocycles. The van der Waals surface area contributed by atoms with Crippen LogP contribution in [0.3, 0.4) is 0 Å². The highest BCUT2D eigenvalue weighted by atomic mass is 16.5. The minimum Gasteiger partial charge on any atom is -0.396 e. The Kier molecular flexibility index (Phi) is 4.11. The summed E-state index contributed by atoms with van der Waals surface area (Å²) in [6, 6.07) is 10.2. The maximum absolute atomic E-state index is 9.40. The lowest BCUT2D eigenvalue weighted by atomic mass is 10.1. The topological polar surface area (TPSA) is 71.6 Å². The van der Waals surface area contributed by atoms with Gasteiger partial charge in [0.1, 0.15) is 0 Å². The number of benzene rings is 1. The first-order valence-corrected chi connectivity index (χ1v) is 8.18. The van der Waals surface area contributed by atoms with Gasteiger partial charge in [-0.05, 0) is 30.9 Å². The highest BCUT2D eigenvalue weighted by Crippen LogP contribution is 2.34. The minimum absolute atomic E-state index is 0.224. The molecule has 0 amide bonds. The zero-order valence-electron chi connectivity index (χ0n) is 13.0. The van der Waals surface area contributed by atoms with Gasteiger partial charge in [0.15, 0.2) is 5.82 Å². The highest BCUT2D eigenvalue weighted by Gasteiger charge is 2.41. The summed E-state index contributed by atoms with van der Waals surface area (Å²) < 4.78 is 11.2. The standard InChI is InChI=1S/C17H21N3O3/c21-11-12-8-14-15(9-12)22-7-6-20(14)10-16-18-17(23-19-16)13-4-2-1-3-5-13/h1-5,12,14-15,21H,6-11H2/t12-,14+,15?/m1/s1. The van der Waals surface area contributed by atoms with Crippen molar-refractivity contribution in [3.8, 4) is 11.5 Å².